The smallest absolute Gasteiger partial charge is 0.241 e. The monoisotopic (exact) mass is 427 g/mol. The van der Waals surface area contributed by atoms with Gasteiger partial charge in [0.25, 0.3) is 0 Å². The Morgan fingerprint density at radius 3 is 2.60 bits per heavy atom. The van der Waals surface area contributed by atoms with Crippen molar-refractivity contribution >= 4 is 24.0 Å². The molecule has 0 aliphatic carbocycles. The SMILES string of the molecule is COc1ccc([C@@H]2[C@@H]3CN(CC(=O)N4CCc5ccccc54)C[C@@H]3CN2C)cc1.Cl. The van der Waals surface area contributed by atoms with Crippen LogP contribution >= 0.6 is 12.4 Å². The maximum absolute atomic E-state index is 13.0. The lowest BCUT2D eigenvalue weighted by Gasteiger charge is -2.27. The fourth-order valence-corrected chi connectivity index (χ4v) is 5.66. The van der Waals surface area contributed by atoms with Crippen molar-refractivity contribution in [1.29, 1.82) is 0 Å². The van der Waals surface area contributed by atoms with Gasteiger partial charge in [0.2, 0.25) is 5.91 Å². The zero-order chi connectivity index (χ0) is 20.0. The predicted molar refractivity (Wildman–Crippen MR) is 122 cm³/mol. The average molecular weight is 428 g/mol. The molecule has 1 amide bonds. The summed E-state index contributed by atoms with van der Waals surface area (Å²) in [5.41, 5.74) is 3.75. The second-order valence-electron chi connectivity index (χ2n) is 8.70. The van der Waals surface area contributed by atoms with Gasteiger partial charge in [0, 0.05) is 37.9 Å². The molecule has 2 saturated heterocycles. The van der Waals surface area contributed by atoms with E-state index in [0.29, 0.717) is 24.4 Å². The number of fused-ring (bicyclic) bond motifs is 2. The van der Waals surface area contributed by atoms with Gasteiger partial charge in [-0.2, -0.15) is 0 Å². The molecule has 3 aliphatic rings. The molecule has 5 nitrogen and oxygen atoms in total. The number of amides is 1. The number of hydrogen-bond acceptors (Lipinski definition) is 4. The zero-order valence-electron chi connectivity index (χ0n) is 17.7. The highest BCUT2D eigenvalue weighted by atomic mass is 35.5. The Bertz CT molecular complexity index is 904. The number of rotatable bonds is 4. The number of methoxy groups -OCH3 is 1. The second kappa shape index (κ2) is 8.58. The van der Waals surface area contributed by atoms with E-state index in [1.54, 1.807) is 7.11 Å². The highest BCUT2D eigenvalue weighted by molar-refractivity contribution is 5.96. The maximum atomic E-state index is 13.0. The van der Waals surface area contributed by atoms with Crippen molar-refractivity contribution in [3.63, 3.8) is 0 Å². The number of ether oxygens (including phenoxy) is 1. The number of carbonyl (C=O) groups excluding carboxylic acids is 1. The van der Waals surface area contributed by atoms with E-state index in [-0.39, 0.29) is 18.3 Å². The number of halogens is 1. The Morgan fingerprint density at radius 1 is 1.07 bits per heavy atom. The van der Waals surface area contributed by atoms with Crippen molar-refractivity contribution in [2.75, 3.05) is 51.8 Å². The van der Waals surface area contributed by atoms with Crippen molar-refractivity contribution in [2.45, 2.75) is 12.5 Å². The van der Waals surface area contributed by atoms with Crippen LogP contribution in [0.5, 0.6) is 5.75 Å². The third-order valence-electron chi connectivity index (χ3n) is 6.97. The van der Waals surface area contributed by atoms with Crippen LogP contribution in [0.15, 0.2) is 48.5 Å². The summed E-state index contributed by atoms with van der Waals surface area (Å²) >= 11 is 0. The average Bonchev–Trinajstić information content (AvgIpc) is 3.40. The Kier molecular flexibility index (Phi) is 6.05. The molecule has 0 spiro atoms. The van der Waals surface area contributed by atoms with E-state index in [2.05, 4.69) is 59.3 Å². The molecule has 3 heterocycles. The number of nitrogens with zero attached hydrogens (tertiary/aromatic N) is 3. The fourth-order valence-electron chi connectivity index (χ4n) is 5.66. The van der Waals surface area contributed by atoms with Crippen LogP contribution in [-0.2, 0) is 11.2 Å². The van der Waals surface area contributed by atoms with Crippen LogP contribution in [-0.4, -0.2) is 62.6 Å². The molecule has 0 saturated carbocycles. The minimum atomic E-state index is 0. The lowest BCUT2D eigenvalue weighted by molar-refractivity contribution is -0.119. The fraction of sp³-hybridized carbons (Fsp3) is 0.458. The molecule has 6 heteroatoms. The summed E-state index contributed by atoms with van der Waals surface area (Å²) in [6.07, 6.45) is 0.970. The van der Waals surface area contributed by atoms with E-state index >= 15 is 0 Å². The molecule has 0 radical (unpaired) electrons. The third kappa shape index (κ3) is 3.70. The molecule has 30 heavy (non-hydrogen) atoms. The molecule has 2 aromatic carbocycles. The Balaban J connectivity index is 0.00000218. The highest BCUT2D eigenvalue weighted by Crippen LogP contribution is 2.44. The van der Waals surface area contributed by atoms with Crippen molar-refractivity contribution in [3.05, 3.63) is 59.7 Å². The quantitative estimate of drug-likeness (QED) is 0.750. The van der Waals surface area contributed by atoms with Gasteiger partial charge in [0.05, 0.1) is 13.7 Å². The van der Waals surface area contributed by atoms with E-state index in [1.165, 1.54) is 11.1 Å². The van der Waals surface area contributed by atoms with Gasteiger partial charge >= 0.3 is 0 Å². The highest BCUT2D eigenvalue weighted by Gasteiger charge is 2.46. The molecule has 0 bridgehead atoms. The molecule has 0 aromatic heterocycles. The van der Waals surface area contributed by atoms with Crippen LogP contribution in [0.25, 0.3) is 0 Å². The number of benzene rings is 2. The first kappa shape index (κ1) is 21.2. The second-order valence-corrected chi connectivity index (χ2v) is 8.70. The lowest BCUT2D eigenvalue weighted by Crippen LogP contribution is -2.40. The van der Waals surface area contributed by atoms with Crippen LogP contribution in [0, 0.1) is 11.8 Å². The van der Waals surface area contributed by atoms with E-state index < -0.39 is 0 Å². The molecule has 0 unspecified atom stereocenters. The molecular formula is C24H30ClN3O2. The summed E-state index contributed by atoms with van der Waals surface area (Å²) in [5, 5.41) is 0. The Labute approximate surface area is 185 Å². The summed E-state index contributed by atoms with van der Waals surface area (Å²) in [6.45, 7) is 4.45. The van der Waals surface area contributed by atoms with E-state index in [0.717, 1.165) is 44.0 Å². The molecule has 5 rings (SSSR count). The molecule has 3 atom stereocenters. The van der Waals surface area contributed by atoms with Crippen molar-refractivity contribution < 1.29 is 9.53 Å². The van der Waals surface area contributed by atoms with Gasteiger partial charge in [-0.1, -0.05) is 30.3 Å². The van der Waals surface area contributed by atoms with Crippen LogP contribution in [0.1, 0.15) is 17.2 Å². The van der Waals surface area contributed by atoms with Crippen molar-refractivity contribution in [2.24, 2.45) is 11.8 Å². The number of anilines is 1. The van der Waals surface area contributed by atoms with Gasteiger partial charge in [-0.25, -0.2) is 0 Å². The molecule has 0 N–H and O–H groups in total. The Morgan fingerprint density at radius 2 is 1.83 bits per heavy atom. The summed E-state index contributed by atoms with van der Waals surface area (Å²) in [4.78, 5) is 19.9. The number of likely N-dealkylation sites (tertiary alicyclic amines) is 2. The normalized spacial score (nSPS) is 25.7. The maximum Gasteiger partial charge on any atom is 0.241 e. The number of para-hydroxylation sites is 1. The number of hydrogen-bond donors (Lipinski definition) is 0. The van der Waals surface area contributed by atoms with Gasteiger partial charge < -0.3 is 9.64 Å². The van der Waals surface area contributed by atoms with Gasteiger partial charge in [0.15, 0.2) is 0 Å². The van der Waals surface area contributed by atoms with Gasteiger partial charge in [0.1, 0.15) is 5.75 Å². The van der Waals surface area contributed by atoms with E-state index in [4.69, 9.17) is 4.74 Å². The predicted octanol–water partition coefficient (Wildman–Crippen LogP) is 3.24. The zero-order valence-corrected chi connectivity index (χ0v) is 18.5. The summed E-state index contributed by atoms with van der Waals surface area (Å²) < 4.78 is 5.32. The molecular weight excluding hydrogens is 398 g/mol. The molecule has 160 valence electrons. The van der Waals surface area contributed by atoms with Gasteiger partial charge in [-0.15, -0.1) is 12.4 Å². The van der Waals surface area contributed by atoms with E-state index in [1.807, 2.05) is 11.0 Å². The molecule has 2 aromatic rings. The minimum absolute atomic E-state index is 0. The van der Waals surface area contributed by atoms with Gasteiger partial charge in [-0.05, 0) is 54.6 Å². The third-order valence-corrected chi connectivity index (χ3v) is 6.97. The van der Waals surface area contributed by atoms with Crippen LogP contribution in [0.4, 0.5) is 5.69 Å². The lowest BCUT2D eigenvalue weighted by atomic mass is 9.89. The van der Waals surface area contributed by atoms with Crippen molar-refractivity contribution in [1.82, 2.24) is 9.80 Å². The number of carbonyl (C=O) groups is 1. The van der Waals surface area contributed by atoms with E-state index in [9.17, 15) is 4.79 Å². The summed E-state index contributed by atoms with van der Waals surface area (Å²) in [5.74, 6) is 2.34. The van der Waals surface area contributed by atoms with Crippen LogP contribution in [0.3, 0.4) is 0 Å². The first-order valence-corrected chi connectivity index (χ1v) is 10.6. The summed E-state index contributed by atoms with van der Waals surface area (Å²) in [7, 11) is 3.93. The Hall–Kier alpha value is -2.08. The van der Waals surface area contributed by atoms with Crippen molar-refractivity contribution in [3.8, 4) is 5.75 Å². The standard InChI is InChI=1S/C24H29N3O2.ClH/c1-25-13-19-14-26(15-21(19)24(25)18-7-9-20(29-2)10-8-18)16-23(28)27-12-11-17-5-3-4-6-22(17)27;/h3-10,19,21,24H,11-16H2,1-2H3;1H/t19-,21+,24+;/m0./s1. The molecule has 2 fully saturated rings. The van der Waals surface area contributed by atoms with Crippen LogP contribution in [0.2, 0.25) is 0 Å². The van der Waals surface area contributed by atoms with Gasteiger partial charge in [-0.3, -0.25) is 14.6 Å². The molecule has 3 aliphatic heterocycles. The topological polar surface area (TPSA) is 36.0 Å². The first-order valence-electron chi connectivity index (χ1n) is 10.6. The van der Waals surface area contributed by atoms with Crippen LogP contribution < -0.4 is 9.64 Å². The minimum Gasteiger partial charge on any atom is -0.497 e. The summed E-state index contributed by atoms with van der Waals surface area (Å²) in [6, 6.07) is 17.2. The largest absolute Gasteiger partial charge is 0.497 e. The first-order chi connectivity index (χ1) is 14.1.